The van der Waals surface area contributed by atoms with Crippen molar-refractivity contribution in [3.8, 4) is 0 Å². The van der Waals surface area contributed by atoms with Gasteiger partial charge in [-0.2, -0.15) is 0 Å². The molecule has 0 radical (unpaired) electrons. The maximum Gasteiger partial charge on any atom is 0.230 e. The Kier molecular flexibility index (Phi) is 6.39. The van der Waals surface area contributed by atoms with Gasteiger partial charge in [-0.05, 0) is 36.3 Å². The van der Waals surface area contributed by atoms with Crippen molar-refractivity contribution in [1.82, 2.24) is 10.6 Å². The highest BCUT2D eigenvalue weighted by molar-refractivity contribution is 7.80. The molecule has 0 fully saturated rings. The molecule has 0 unspecified atom stereocenters. The van der Waals surface area contributed by atoms with Crippen LogP contribution >= 0.6 is 23.8 Å². The van der Waals surface area contributed by atoms with Crippen LogP contribution in [0.1, 0.15) is 12.0 Å². The molecule has 5 heteroatoms. The molecule has 0 saturated carbocycles. The summed E-state index contributed by atoms with van der Waals surface area (Å²) in [5, 5.41) is 6.53. The number of nitrogens with one attached hydrogen (secondary N) is 2. The molecule has 1 amide bonds. The molecule has 0 aliphatic heterocycles. The summed E-state index contributed by atoms with van der Waals surface area (Å²) < 4.78 is 0. The molecule has 0 heterocycles. The first-order valence-corrected chi connectivity index (χ1v) is 6.33. The maximum absolute atomic E-state index is 11.6. The fourth-order valence-corrected chi connectivity index (χ4v) is 1.63. The van der Waals surface area contributed by atoms with Crippen molar-refractivity contribution in [2.45, 2.75) is 12.8 Å². The van der Waals surface area contributed by atoms with Gasteiger partial charge in [0.2, 0.25) is 5.91 Å². The summed E-state index contributed by atoms with van der Waals surface area (Å²) in [7, 11) is 0. The summed E-state index contributed by atoms with van der Waals surface area (Å²) in [4.78, 5) is 11.6. The lowest BCUT2D eigenvalue weighted by Crippen LogP contribution is -2.40. The van der Waals surface area contributed by atoms with Crippen LogP contribution in [0.4, 0.5) is 0 Å². The van der Waals surface area contributed by atoms with Gasteiger partial charge < -0.3 is 10.6 Å². The zero-order valence-corrected chi connectivity index (χ0v) is 11.5. The molecule has 2 N–H and O–H groups in total. The van der Waals surface area contributed by atoms with Crippen molar-refractivity contribution >= 4 is 34.8 Å². The van der Waals surface area contributed by atoms with E-state index in [0.717, 1.165) is 12.0 Å². The number of hydrogen-bond acceptors (Lipinski definition) is 2. The van der Waals surface area contributed by atoms with Gasteiger partial charge in [-0.25, -0.2) is 0 Å². The maximum atomic E-state index is 11.6. The minimum Gasteiger partial charge on any atom is -0.362 e. The lowest BCUT2D eigenvalue weighted by atomic mass is 10.1. The Morgan fingerprint density at radius 2 is 2.06 bits per heavy atom. The zero-order chi connectivity index (χ0) is 13.4. The summed E-state index contributed by atoms with van der Waals surface area (Å²) in [6.07, 6.45) is 2.86. The molecule has 0 aliphatic rings. The number of carbonyl (C=O) groups is 1. The van der Waals surface area contributed by atoms with Crippen LogP contribution in [0.3, 0.4) is 0 Å². The van der Waals surface area contributed by atoms with Crippen molar-refractivity contribution in [2.75, 3.05) is 6.54 Å². The van der Waals surface area contributed by atoms with Gasteiger partial charge in [-0.1, -0.05) is 29.8 Å². The summed E-state index contributed by atoms with van der Waals surface area (Å²) in [5.74, 6) is -0.145. The number of rotatable bonds is 5. The second-order valence-corrected chi connectivity index (χ2v) is 4.53. The molecular formula is C13H15ClN2OS. The van der Waals surface area contributed by atoms with Crippen molar-refractivity contribution in [1.29, 1.82) is 0 Å². The van der Waals surface area contributed by atoms with Crippen LogP contribution in [-0.4, -0.2) is 17.6 Å². The lowest BCUT2D eigenvalue weighted by molar-refractivity contribution is -0.119. The summed E-state index contributed by atoms with van der Waals surface area (Å²) in [5.41, 5.74) is 0.894. The molecule has 0 aromatic heterocycles. The largest absolute Gasteiger partial charge is 0.362 e. The summed E-state index contributed by atoms with van der Waals surface area (Å²) in [6, 6.07) is 7.14. The molecule has 0 spiro atoms. The average Bonchev–Trinajstić information content (AvgIpc) is 2.32. The Morgan fingerprint density at radius 1 is 1.39 bits per heavy atom. The topological polar surface area (TPSA) is 41.1 Å². The second-order valence-electron chi connectivity index (χ2n) is 3.68. The first kappa shape index (κ1) is 14.7. The van der Waals surface area contributed by atoms with Crippen molar-refractivity contribution in [3.05, 3.63) is 47.5 Å². The van der Waals surface area contributed by atoms with E-state index in [-0.39, 0.29) is 12.3 Å². The standard InChI is InChI=1S/C13H15ClN2OS/c1-2-3-8-15-13(18)16-12(17)9-10-4-6-11(14)7-5-10/h2,4-7H,1,3,8-9H2,(H2,15,16,17,18). The highest BCUT2D eigenvalue weighted by Crippen LogP contribution is 2.09. The smallest absolute Gasteiger partial charge is 0.230 e. The molecule has 0 atom stereocenters. The van der Waals surface area contributed by atoms with Gasteiger partial charge >= 0.3 is 0 Å². The van der Waals surface area contributed by atoms with Gasteiger partial charge in [0.05, 0.1) is 6.42 Å². The molecule has 1 aromatic carbocycles. The van der Waals surface area contributed by atoms with E-state index >= 15 is 0 Å². The Morgan fingerprint density at radius 3 is 2.67 bits per heavy atom. The van der Waals surface area contributed by atoms with Gasteiger partial charge in [0.15, 0.2) is 5.11 Å². The molecule has 96 valence electrons. The Hall–Kier alpha value is -1.39. The van der Waals surface area contributed by atoms with Crippen molar-refractivity contribution in [2.24, 2.45) is 0 Å². The number of benzene rings is 1. The Balaban J connectivity index is 2.34. The van der Waals surface area contributed by atoms with Crippen LogP contribution in [0.25, 0.3) is 0 Å². The molecule has 0 bridgehead atoms. The van der Waals surface area contributed by atoms with Crippen LogP contribution in [0, 0.1) is 0 Å². The third-order valence-electron chi connectivity index (χ3n) is 2.16. The number of hydrogen-bond donors (Lipinski definition) is 2. The highest BCUT2D eigenvalue weighted by Gasteiger charge is 2.05. The molecule has 18 heavy (non-hydrogen) atoms. The molecule has 3 nitrogen and oxygen atoms in total. The van der Waals surface area contributed by atoms with Crippen molar-refractivity contribution in [3.63, 3.8) is 0 Å². The van der Waals surface area contributed by atoms with E-state index in [0.29, 0.717) is 16.7 Å². The molecule has 0 aliphatic carbocycles. The average molecular weight is 283 g/mol. The summed E-state index contributed by atoms with van der Waals surface area (Å²) in [6.45, 7) is 4.27. The SMILES string of the molecule is C=CCCNC(=S)NC(=O)Cc1ccc(Cl)cc1. The van der Waals surface area contributed by atoms with Gasteiger partial charge in [0.25, 0.3) is 0 Å². The van der Waals surface area contributed by atoms with E-state index in [1.165, 1.54) is 0 Å². The van der Waals surface area contributed by atoms with Gasteiger partial charge in [-0.15, -0.1) is 6.58 Å². The van der Waals surface area contributed by atoms with Gasteiger partial charge in [0, 0.05) is 11.6 Å². The first-order chi connectivity index (χ1) is 8.61. The highest BCUT2D eigenvalue weighted by atomic mass is 35.5. The third-order valence-corrected chi connectivity index (χ3v) is 2.66. The van der Waals surface area contributed by atoms with Gasteiger partial charge in [0.1, 0.15) is 0 Å². The molecule has 0 saturated heterocycles. The lowest BCUT2D eigenvalue weighted by Gasteiger charge is -2.08. The first-order valence-electron chi connectivity index (χ1n) is 5.55. The van der Waals surface area contributed by atoms with E-state index in [2.05, 4.69) is 17.2 Å². The molecular weight excluding hydrogens is 268 g/mol. The van der Waals surface area contributed by atoms with Crippen LogP contribution in [0.5, 0.6) is 0 Å². The number of halogens is 1. The van der Waals surface area contributed by atoms with Crippen molar-refractivity contribution < 1.29 is 4.79 Å². The molecule has 1 aromatic rings. The van der Waals surface area contributed by atoms with E-state index in [4.69, 9.17) is 23.8 Å². The third kappa shape index (κ3) is 5.80. The second kappa shape index (κ2) is 7.84. The number of amides is 1. The predicted molar refractivity (Wildman–Crippen MR) is 78.7 cm³/mol. The number of carbonyl (C=O) groups excluding carboxylic acids is 1. The monoisotopic (exact) mass is 282 g/mol. The fourth-order valence-electron chi connectivity index (χ4n) is 1.29. The Bertz CT molecular complexity index is 431. The van der Waals surface area contributed by atoms with Crippen LogP contribution in [0.2, 0.25) is 5.02 Å². The normalized spacial score (nSPS) is 9.61. The zero-order valence-electron chi connectivity index (χ0n) is 9.91. The fraction of sp³-hybridized carbons (Fsp3) is 0.231. The van der Waals surface area contributed by atoms with E-state index in [1.807, 2.05) is 12.1 Å². The van der Waals surface area contributed by atoms with Crippen LogP contribution in [-0.2, 0) is 11.2 Å². The quantitative estimate of drug-likeness (QED) is 0.495. The molecule has 1 rings (SSSR count). The van der Waals surface area contributed by atoms with Crippen LogP contribution < -0.4 is 10.6 Å². The number of thiocarbonyl (C=S) groups is 1. The Labute approximate surface area is 117 Å². The minimum absolute atomic E-state index is 0.145. The van der Waals surface area contributed by atoms with Gasteiger partial charge in [-0.3, -0.25) is 4.79 Å². The van der Waals surface area contributed by atoms with E-state index < -0.39 is 0 Å². The summed E-state index contributed by atoms with van der Waals surface area (Å²) >= 11 is 10.7. The van der Waals surface area contributed by atoms with E-state index in [9.17, 15) is 4.79 Å². The van der Waals surface area contributed by atoms with Crippen LogP contribution in [0.15, 0.2) is 36.9 Å². The predicted octanol–water partition coefficient (Wildman–Crippen LogP) is 2.45. The minimum atomic E-state index is -0.145. The van der Waals surface area contributed by atoms with E-state index in [1.54, 1.807) is 18.2 Å².